The predicted octanol–water partition coefficient (Wildman–Crippen LogP) is 2.16. The van der Waals surface area contributed by atoms with Crippen molar-refractivity contribution in [1.82, 2.24) is 9.78 Å². The van der Waals surface area contributed by atoms with Crippen LogP contribution in [0.1, 0.15) is 17.7 Å². The molecule has 0 unspecified atom stereocenters. The normalized spacial score (nSPS) is 9.95. The number of hydrogen-bond donors (Lipinski definition) is 1. The van der Waals surface area contributed by atoms with E-state index in [0.29, 0.717) is 18.0 Å². The summed E-state index contributed by atoms with van der Waals surface area (Å²) in [6, 6.07) is 8.82. The minimum absolute atomic E-state index is 0.154. The number of nitriles is 1. The Labute approximate surface area is 123 Å². The molecule has 0 saturated heterocycles. The third-order valence-electron chi connectivity index (χ3n) is 3.11. The van der Waals surface area contributed by atoms with Gasteiger partial charge in [-0.1, -0.05) is 0 Å². The molecule has 1 aromatic carbocycles. The molecule has 2 aromatic rings. The van der Waals surface area contributed by atoms with Crippen LogP contribution in [0, 0.1) is 18.3 Å². The highest BCUT2D eigenvalue weighted by atomic mass is 16.5. The zero-order chi connectivity index (χ0) is 15.2. The van der Waals surface area contributed by atoms with Crippen LogP contribution >= 0.6 is 0 Å². The number of benzene rings is 1. The number of amides is 1. The van der Waals surface area contributed by atoms with Gasteiger partial charge < -0.3 is 10.1 Å². The zero-order valence-corrected chi connectivity index (χ0v) is 12.0. The van der Waals surface area contributed by atoms with Gasteiger partial charge in [-0.05, 0) is 31.2 Å². The van der Waals surface area contributed by atoms with Gasteiger partial charge in [-0.15, -0.1) is 0 Å². The Morgan fingerprint density at radius 2 is 2.14 bits per heavy atom. The molecule has 0 aliphatic heterocycles. The first-order chi connectivity index (χ1) is 10.1. The maximum Gasteiger partial charge on any atom is 0.238 e. The van der Waals surface area contributed by atoms with Crippen LogP contribution in [0.25, 0.3) is 0 Å². The van der Waals surface area contributed by atoms with Crippen molar-refractivity contribution in [3.63, 3.8) is 0 Å². The number of nitrogens with one attached hydrogen (secondary N) is 1. The van der Waals surface area contributed by atoms with Gasteiger partial charge in [-0.25, -0.2) is 0 Å². The van der Waals surface area contributed by atoms with Gasteiger partial charge in [0.05, 0.1) is 12.3 Å². The van der Waals surface area contributed by atoms with E-state index in [2.05, 4.69) is 10.4 Å². The number of rotatable bonds is 5. The SMILES string of the molecule is Cc1c(COc2ccc(NC(=O)CC#N)cc2)cnn1C. The molecule has 1 amide bonds. The molecule has 6 heteroatoms. The molecule has 0 aliphatic rings. The van der Waals surface area contributed by atoms with Crippen molar-refractivity contribution in [3.05, 3.63) is 41.7 Å². The Bertz CT molecular complexity index is 668. The summed E-state index contributed by atoms with van der Waals surface area (Å²) >= 11 is 0. The summed E-state index contributed by atoms with van der Waals surface area (Å²) in [4.78, 5) is 11.3. The summed E-state index contributed by atoms with van der Waals surface area (Å²) in [5, 5.41) is 15.2. The number of nitrogens with zero attached hydrogens (tertiary/aromatic N) is 3. The lowest BCUT2D eigenvalue weighted by Gasteiger charge is -2.07. The molecule has 0 fully saturated rings. The number of carbonyl (C=O) groups excluding carboxylic acids is 1. The van der Waals surface area contributed by atoms with E-state index in [1.54, 1.807) is 41.2 Å². The molecule has 6 nitrogen and oxygen atoms in total. The lowest BCUT2D eigenvalue weighted by atomic mass is 10.2. The fourth-order valence-electron chi connectivity index (χ4n) is 1.76. The summed E-state index contributed by atoms with van der Waals surface area (Å²) in [7, 11) is 1.89. The Morgan fingerprint density at radius 3 is 2.71 bits per heavy atom. The smallest absolute Gasteiger partial charge is 0.238 e. The second-order valence-electron chi connectivity index (χ2n) is 4.57. The van der Waals surface area contributed by atoms with E-state index in [9.17, 15) is 4.79 Å². The van der Waals surface area contributed by atoms with Gasteiger partial charge in [0.25, 0.3) is 0 Å². The van der Waals surface area contributed by atoms with Crippen molar-refractivity contribution < 1.29 is 9.53 Å². The average molecular weight is 284 g/mol. The maximum atomic E-state index is 11.3. The Kier molecular flexibility index (Phi) is 4.57. The lowest BCUT2D eigenvalue weighted by Crippen LogP contribution is -2.09. The van der Waals surface area contributed by atoms with Crippen LogP contribution in [0.4, 0.5) is 5.69 Å². The second-order valence-corrected chi connectivity index (χ2v) is 4.57. The Balaban J connectivity index is 1.92. The third kappa shape index (κ3) is 3.83. The lowest BCUT2D eigenvalue weighted by molar-refractivity contribution is -0.115. The van der Waals surface area contributed by atoms with Gasteiger partial charge in [0.1, 0.15) is 18.8 Å². The number of aryl methyl sites for hydroxylation is 1. The fourth-order valence-corrected chi connectivity index (χ4v) is 1.76. The van der Waals surface area contributed by atoms with Gasteiger partial charge in [0.15, 0.2) is 0 Å². The predicted molar refractivity (Wildman–Crippen MR) is 77.6 cm³/mol. The molecule has 21 heavy (non-hydrogen) atoms. The Hall–Kier alpha value is -2.81. The van der Waals surface area contributed by atoms with Crippen LogP contribution in [-0.2, 0) is 18.4 Å². The first-order valence-corrected chi connectivity index (χ1v) is 6.47. The van der Waals surface area contributed by atoms with E-state index >= 15 is 0 Å². The van der Waals surface area contributed by atoms with Crippen molar-refractivity contribution in [1.29, 1.82) is 5.26 Å². The highest BCUT2D eigenvalue weighted by Crippen LogP contribution is 2.18. The zero-order valence-electron chi connectivity index (χ0n) is 12.0. The van der Waals surface area contributed by atoms with Crippen molar-refractivity contribution >= 4 is 11.6 Å². The molecule has 0 spiro atoms. The molecule has 1 heterocycles. The third-order valence-corrected chi connectivity index (χ3v) is 3.11. The quantitative estimate of drug-likeness (QED) is 0.912. The molecule has 2 rings (SSSR count). The largest absolute Gasteiger partial charge is 0.489 e. The second kappa shape index (κ2) is 6.57. The molecule has 1 aromatic heterocycles. The van der Waals surface area contributed by atoms with Crippen LogP contribution in [0.5, 0.6) is 5.75 Å². The van der Waals surface area contributed by atoms with Crippen molar-refractivity contribution in [2.24, 2.45) is 7.05 Å². The summed E-state index contributed by atoms with van der Waals surface area (Å²) in [6.45, 7) is 2.43. The first-order valence-electron chi connectivity index (χ1n) is 6.47. The van der Waals surface area contributed by atoms with Gasteiger partial charge in [-0.2, -0.15) is 10.4 Å². The van der Waals surface area contributed by atoms with Crippen LogP contribution in [0.15, 0.2) is 30.5 Å². The molecule has 0 atom stereocenters. The van der Waals surface area contributed by atoms with E-state index in [4.69, 9.17) is 10.00 Å². The molecular weight excluding hydrogens is 268 g/mol. The summed E-state index contributed by atoms with van der Waals surface area (Å²) in [6.07, 6.45) is 1.63. The highest BCUT2D eigenvalue weighted by Gasteiger charge is 2.05. The molecule has 108 valence electrons. The van der Waals surface area contributed by atoms with Gasteiger partial charge >= 0.3 is 0 Å². The molecule has 0 bridgehead atoms. The first kappa shape index (κ1) is 14.6. The summed E-state index contributed by atoms with van der Waals surface area (Å²) in [5.74, 6) is 0.383. The van der Waals surface area contributed by atoms with Crippen LogP contribution in [0.2, 0.25) is 0 Å². The van der Waals surface area contributed by atoms with Gasteiger partial charge in [-0.3, -0.25) is 9.48 Å². The van der Waals surface area contributed by atoms with E-state index in [1.165, 1.54) is 0 Å². The standard InChI is InChI=1S/C15H16N4O2/c1-11-12(9-17-19(11)2)10-21-14-5-3-13(4-6-14)18-15(20)7-8-16/h3-6,9H,7,10H2,1-2H3,(H,18,20). The van der Waals surface area contributed by atoms with Crippen LogP contribution < -0.4 is 10.1 Å². The molecular formula is C15H16N4O2. The molecule has 1 N–H and O–H groups in total. The van der Waals surface area contributed by atoms with Crippen molar-refractivity contribution in [3.8, 4) is 11.8 Å². The minimum atomic E-state index is -0.322. The fraction of sp³-hybridized carbons (Fsp3) is 0.267. The van der Waals surface area contributed by atoms with Crippen LogP contribution in [0.3, 0.4) is 0 Å². The Morgan fingerprint density at radius 1 is 1.43 bits per heavy atom. The van der Waals surface area contributed by atoms with Crippen molar-refractivity contribution in [2.75, 3.05) is 5.32 Å². The monoisotopic (exact) mass is 284 g/mol. The molecule has 0 radical (unpaired) electrons. The van der Waals surface area contributed by atoms with Crippen LogP contribution in [-0.4, -0.2) is 15.7 Å². The van der Waals surface area contributed by atoms with E-state index in [0.717, 1.165) is 11.3 Å². The minimum Gasteiger partial charge on any atom is -0.489 e. The molecule has 0 aliphatic carbocycles. The summed E-state index contributed by atoms with van der Waals surface area (Å²) in [5.41, 5.74) is 2.74. The number of hydrogen-bond acceptors (Lipinski definition) is 4. The van der Waals surface area contributed by atoms with E-state index in [-0.39, 0.29) is 12.3 Å². The topological polar surface area (TPSA) is 79.9 Å². The van der Waals surface area contributed by atoms with E-state index < -0.39 is 0 Å². The number of aromatic nitrogens is 2. The van der Waals surface area contributed by atoms with Crippen molar-refractivity contribution in [2.45, 2.75) is 20.0 Å². The summed E-state index contributed by atoms with van der Waals surface area (Å²) < 4.78 is 7.47. The number of carbonyl (C=O) groups is 1. The van der Waals surface area contributed by atoms with Gasteiger partial charge in [0.2, 0.25) is 5.91 Å². The number of anilines is 1. The van der Waals surface area contributed by atoms with E-state index in [1.807, 2.05) is 14.0 Å². The average Bonchev–Trinajstić information content (AvgIpc) is 2.78. The highest BCUT2D eigenvalue weighted by molar-refractivity contribution is 5.92. The van der Waals surface area contributed by atoms with Gasteiger partial charge in [0, 0.05) is 24.0 Å². The molecule has 0 saturated carbocycles. The maximum absolute atomic E-state index is 11.3. The number of ether oxygens (including phenoxy) is 1.